The van der Waals surface area contributed by atoms with Gasteiger partial charge in [0.1, 0.15) is 0 Å². The molecule has 0 N–H and O–H groups in total. The third-order valence-electron chi connectivity index (χ3n) is 2.82. The van der Waals surface area contributed by atoms with Crippen molar-refractivity contribution in [1.29, 1.82) is 0 Å². The van der Waals surface area contributed by atoms with Gasteiger partial charge in [0.15, 0.2) is 11.0 Å². The molecular weight excluding hydrogens is 238 g/mol. The first kappa shape index (κ1) is 10.7. The third-order valence-corrected chi connectivity index (χ3v) is 3.08. The number of para-hydroxylation sites is 2. The highest BCUT2D eigenvalue weighted by atomic mass is 35.5. The highest BCUT2D eigenvalue weighted by molar-refractivity contribution is 6.32. The number of nitrogens with zero attached hydrogens (tertiary/aromatic N) is 3. The van der Waals surface area contributed by atoms with Crippen molar-refractivity contribution in [3.63, 3.8) is 0 Å². The molecular formula is C12H12ClN3O. The number of fused-ring (bicyclic) bond motifs is 1. The van der Waals surface area contributed by atoms with E-state index in [0.29, 0.717) is 18.4 Å². The van der Waals surface area contributed by atoms with Gasteiger partial charge in [0.25, 0.3) is 0 Å². The van der Waals surface area contributed by atoms with Crippen LogP contribution in [0.5, 0.6) is 0 Å². The molecule has 1 aliphatic rings. The summed E-state index contributed by atoms with van der Waals surface area (Å²) in [5, 5.41) is 0.464. The molecule has 0 atom stereocenters. The van der Waals surface area contributed by atoms with Crippen LogP contribution >= 0.6 is 11.6 Å². The second kappa shape index (κ2) is 4.47. The van der Waals surface area contributed by atoms with Gasteiger partial charge in [0.05, 0.1) is 24.2 Å². The lowest BCUT2D eigenvalue weighted by atomic mass is 10.3. The molecule has 1 saturated heterocycles. The molecule has 1 fully saturated rings. The van der Waals surface area contributed by atoms with E-state index in [1.165, 1.54) is 0 Å². The van der Waals surface area contributed by atoms with Gasteiger partial charge in [-0.05, 0) is 12.1 Å². The third kappa shape index (κ3) is 2.06. The van der Waals surface area contributed by atoms with Crippen LogP contribution in [0, 0.1) is 0 Å². The average Bonchev–Trinajstić information content (AvgIpc) is 2.39. The molecule has 5 heteroatoms. The van der Waals surface area contributed by atoms with Crippen molar-refractivity contribution in [2.75, 3.05) is 31.2 Å². The SMILES string of the molecule is Clc1nc2ccccc2nc1N1CCOCC1. The van der Waals surface area contributed by atoms with Crippen molar-refractivity contribution in [2.24, 2.45) is 0 Å². The fourth-order valence-electron chi connectivity index (χ4n) is 1.95. The fraction of sp³-hybridized carbons (Fsp3) is 0.333. The minimum atomic E-state index is 0.464. The summed E-state index contributed by atoms with van der Waals surface area (Å²) in [5.41, 5.74) is 1.70. The van der Waals surface area contributed by atoms with Gasteiger partial charge in [-0.1, -0.05) is 23.7 Å². The Morgan fingerprint density at radius 1 is 1.06 bits per heavy atom. The van der Waals surface area contributed by atoms with E-state index in [2.05, 4.69) is 14.9 Å². The molecule has 4 nitrogen and oxygen atoms in total. The second-order valence-corrected chi connectivity index (χ2v) is 4.28. The maximum atomic E-state index is 6.18. The summed E-state index contributed by atoms with van der Waals surface area (Å²) in [5.74, 6) is 0.758. The minimum absolute atomic E-state index is 0.464. The highest BCUT2D eigenvalue weighted by Gasteiger charge is 2.17. The summed E-state index contributed by atoms with van der Waals surface area (Å²) in [4.78, 5) is 11.1. The van der Waals surface area contributed by atoms with Crippen LogP contribution < -0.4 is 4.90 Å². The predicted octanol–water partition coefficient (Wildman–Crippen LogP) is 2.12. The van der Waals surface area contributed by atoms with Crippen LogP contribution in [0.2, 0.25) is 5.15 Å². The van der Waals surface area contributed by atoms with Gasteiger partial charge in [-0.15, -0.1) is 0 Å². The van der Waals surface area contributed by atoms with Crippen LogP contribution in [-0.4, -0.2) is 36.3 Å². The number of hydrogen-bond donors (Lipinski definition) is 0. The summed E-state index contributed by atoms with van der Waals surface area (Å²) >= 11 is 6.18. The Morgan fingerprint density at radius 2 is 1.71 bits per heavy atom. The Kier molecular flexibility index (Phi) is 2.82. The van der Waals surface area contributed by atoms with Crippen molar-refractivity contribution in [3.8, 4) is 0 Å². The normalized spacial score (nSPS) is 16.4. The van der Waals surface area contributed by atoms with Gasteiger partial charge >= 0.3 is 0 Å². The number of rotatable bonds is 1. The van der Waals surface area contributed by atoms with E-state index < -0.39 is 0 Å². The number of anilines is 1. The zero-order valence-electron chi connectivity index (χ0n) is 9.27. The van der Waals surface area contributed by atoms with Gasteiger partial charge in [-0.25, -0.2) is 9.97 Å². The first-order valence-electron chi connectivity index (χ1n) is 5.59. The number of morpholine rings is 1. The zero-order chi connectivity index (χ0) is 11.7. The van der Waals surface area contributed by atoms with E-state index in [0.717, 1.165) is 29.9 Å². The van der Waals surface area contributed by atoms with Gasteiger partial charge < -0.3 is 9.64 Å². The Balaban J connectivity index is 2.06. The van der Waals surface area contributed by atoms with E-state index in [9.17, 15) is 0 Å². The number of ether oxygens (including phenoxy) is 1. The Labute approximate surface area is 104 Å². The van der Waals surface area contributed by atoms with Crippen molar-refractivity contribution < 1.29 is 4.74 Å². The summed E-state index contributed by atoms with van der Waals surface area (Å²) < 4.78 is 5.32. The first-order chi connectivity index (χ1) is 8.34. The number of halogens is 1. The van der Waals surface area contributed by atoms with E-state index >= 15 is 0 Å². The monoisotopic (exact) mass is 249 g/mol. The smallest absolute Gasteiger partial charge is 0.172 e. The standard InChI is InChI=1S/C12H12ClN3O/c13-11-12(16-5-7-17-8-6-16)15-10-4-2-1-3-9(10)14-11/h1-4H,5-8H2. The quantitative estimate of drug-likeness (QED) is 0.776. The zero-order valence-corrected chi connectivity index (χ0v) is 10.0. The molecule has 1 aromatic heterocycles. The van der Waals surface area contributed by atoms with Crippen molar-refractivity contribution in [2.45, 2.75) is 0 Å². The lowest BCUT2D eigenvalue weighted by molar-refractivity contribution is 0.122. The molecule has 0 amide bonds. The molecule has 0 saturated carbocycles. The van der Waals surface area contributed by atoms with Crippen LogP contribution in [0.15, 0.2) is 24.3 Å². The summed E-state index contributed by atoms with van der Waals surface area (Å²) in [6, 6.07) is 7.75. The molecule has 88 valence electrons. The summed E-state index contributed by atoms with van der Waals surface area (Å²) in [6.07, 6.45) is 0. The topological polar surface area (TPSA) is 38.2 Å². The van der Waals surface area contributed by atoms with Crippen molar-refractivity contribution >= 4 is 28.5 Å². The van der Waals surface area contributed by atoms with Gasteiger partial charge in [-0.2, -0.15) is 0 Å². The molecule has 0 bridgehead atoms. The lowest BCUT2D eigenvalue weighted by Crippen LogP contribution is -2.37. The average molecular weight is 250 g/mol. The summed E-state index contributed by atoms with van der Waals surface area (Å²) in [7, 11) is 0. The van der Waals surface area contributed by atoms with Crippen LogP contribution in [0.4, 0.5) is 5.82 Å². The summed E-state index contributed by atoms with van der Waals surface area (Å²) in [6.45, 7) is 3.05. The fourth-order valence-corrected chi connectivity index (χ4v) is 2.20. The van der Waals surface area contributed by atoms with Crippen molar-refractivity contribution in [1.82, 2.24) is 9.97 Å². The van der Waals surface area contributed by atoms with Crippen LogP contribution in [-0.2, 0) is 4.74 Å². The number of aromatic nitrogens is 2. The largest absolute Gasteiger partial charge is 0.378 e. The molecule has 0 spiro atoms. The van der Waals surface area contributed by atoms with Crippen molar-refractivity contribution in [3.05, 3.63) is 29.4 Å². The Morgan fingerprint density at radius 3 is 2.41 bits per heavy atom. The minimum Gasteiger partial charge on any atom is -0.378 e. The van der Waals surface area contributed by atoms with E-state index in [1.54, 1.807) is 0 Å². The Hall–Kier alpha value is -1.39. The van der Waals surface area contributed by atoms with Crippen LogP contribution in [0.3, 0.4) is 0 Å². The molecule has 1 aliphatic heterocycles. The maximum absolute atomic E-state index is 6.18. The molecule has 3 rings (SSSR count). The van der Waals surface area contributed by atoms with Gasteiger partial charge in [-0.3, -0.25) is 0 Å². The molecule has 0 unspecified atom stereocenters. The molecule has 17 heavy (non-hydrogen) atoms. The Bertz CT molecular complexity index is 540. The maximum Gasteiger partial charge on any atom is 0.172 e. The molecule has 0 radical (unpaired) electrons. The first-order valence-corrected chi connectivity index (χ1v) is 5.97. The number of hydrogen-bond acceptors (Lipinski definition) is 4. The van der Waals surface area contributed by atoms with Crippen LogP contribution in [0.1, 0.15) is 0 Å². The lowest BCUT2D eigenvalue weighted by Gasteiger charge is -2.28. The van der Waals surface area contributed by atoms with Crippen LogP contribution in [0.25, 0.3) is 11.0 Å². The van der Waals surface area contributed by atoms with Gasteiger partial charge in [0.2, 0.25) is 0 Å². The number of benzene rings is 1. The molecule has 0 aliphatic carbocycles. The predicted molar refractivity (Wildman–Crippen MR) is 67.6 cm³/mol. The second-order valence-electron chi connectivity index (χ2n) is 3.93. The molecule has 2 heterocycles. The molecule has 2 aromatic rings. The molecule has 1 aromatic carbocycles. The van der Waals surface area contributed by atoms with E-state index in [1.807, 2.05) is 24.3 Å². The van der Waals surface area contributed by atoms with E-state index in [4.69, 9.17) is 16.3 Å². The highest BCUT2D eigenvalue weighted by Crippen LogP contribution is 2.25. The van der Waals surface area contributed by atoms with E-state index in [-0.39, 0.29) is 0 Å². The van der Waals surface area contributed by atoms with Gasteiger partial charge in [0, 0.05) is 13.1 Å².